The third-order valence-electron chi connectivity index (χ3n) is 3.40. The fourth-order valence-corrected chi connectivity index (χ4v) is 4.07. The van der Waals surface area contributed by atoms with Crippen molar-refractivity contribution in [1.29, 1.82) is 0 Å². The molecule has 0 aliphatic carbocycles. The van der Waals surface area contributed by atoms with Crippen molar-refractivity contribution >= 4 is 26.5 Å². The van der Waals surface area contributed by atoms with E-state index in [-0.39, 0.29) is 0 Å². The molecule has 0 amide bonds. The van der Waals surface area contributed by atoms with Crippen molar-refractivity contribution in [3.63, 3.8) is 0 Å². The second-order valence-corrected chi connectivity index (χ2v) is 7.98. The summed E-state index contributed by atoms with van der Waals surface area (Å²) in [5.41, 5.74) is 1.07. The van der Waals surface area contributed by atoms with Gasteiger partial charge in [0.05, 0.1) is 11.9 Å². The zero-order chi connectivity index (χ0) is 14.8. The molecule has 1 fully saturated rings. The van der Waals surface area contributed by atoms with Crippen molar-refractivity contribution in [3.05, 3.63) is 10.6 Å². The number of hydrogen-bond donors (Lipinski definition) is 1. The van der Waals surface area contributed by atoms with Crippen LogP contribution in [0.3, 0.4) is 0 Å². The molecule has 1 aromatic rings. The summed E-state index contributed by atoms with van der Waals surface area (Å²) in [6.07, 6.45) is 1.27. The van der Waals surface area contributed by atoms with Crippen LogP contribution in [0, 0.1) is 6.92 Å². The van der Waals surface area contributed by atoms with E-state index in [1.54, 1.807) is 11.3 Å². The van der Waals surface area contributed by atoms with Gasteiger partial charge < -0.3 is 10.2 Å². The average molecular weight is 318 g/mol. The molecule has 2 rings (SSSR count). The number of sulfonamides is 1. The Morgan fingerprint density at radius 1 is 1.30 bits per heavy atom. The maximum atomic E-state index is 11.5. The minimum Gasteiger partial charge on any atom is -0.345 e. The standard InChI is InChI=1S/C12H22N4O2S2/c1-4-13-9-11-10(2)14-12(19-11)15-5-7-16(8-6-15)20(3,17)18/h13H,4-9H2,1-3H3. The first kappa shape index (κ1) is 15.7. The lowest BCUT2D eigenvalue weighted by atomic mass is 10.4. The number of nitrogens with zero attached hydrogens (tertiary/aromatic N) is 3. The summed E-state index contributed by atoms with van der Waals surface area (Å²) in [4.78, 5) is 8.04. The van der Waals surface area contributed by atoms with Gasteiger partial charge in [0.25, 0.3) is 0 Å². The molecule has 0 spiro atoms. The van der Waals surface area contributed by atoms with Crippen molar-refractivity contribution in [2.24, 2.45) is 0 Å². The van der Waals surface area contributed by atoms with Crippen LogP contribution in [0.15, 0.2) is 0 Å². The van der Waals surface area contributed by atoms with Crippen molar-refractivity contribution in [3.8, 4) is 0 Å². The Balaban J connectivity index is 2.00. The van der Waals surface area contributed by atoms with Gasteiger partial charge in [0, 0.05) is 37.6 Å². The highest BCUT2D eigenvalue weighted by Crippen LogP contribution is 2.27. The highest BCUT2D eigenvalue weighted by molar-refractivity contribution is 7.88. The van der Waals surface area contributed by atoms with Gasteiger partial charge >= 0.3 is 0 Å². The van der Waals surface area contributed by atoms with Crippen LogP contribution in [-0.4, -0.2) is 56.7 Å². The van der Waals surface area contributed by atoms with E-state index in [1.807, 2.05) is 6.92 Å². The Bertz CT molecular complexity index is 548. The molecule has 0 radical (unpaired) electrons. The van der Waals surface area contributed by atoms with Crippen molar-refractivity contribution in [1.82, 2.24) is 14.6 Å². The lowest BCUT2D eigenvalue weighted by molar-refractivity contribution is 0.388. The molecule has 1 saturated heterocycles. The fourth-order valence-electron chi connectivity index (χ4n) is 2.16. The molecule has 114 valence electrons. The molecule has 6 nitrogen and oxygen atoms in total. The summed E-state index contributed by atoms with van der Waals surface area (Å²) in [7, 11) is -3.07. The molecule has 0 aromatic carbocycles. The van der Waals surface area contributed by atoms with Crippen LogP contribution in [0.4, 0.5) is 5.13 Å². The number of aromatic nitrogens is 1. The quantitative estimate of drug-likeness (QED) is 0.863. The summed E-state index contributed by atoms with van der Waals surface area (Å²) < 4.78 is 24.5. The van der Waals surface area contributed by atoms with Gasteiger partial charge in [-0.3, -0.25) is 0 Å². The van der Waals surface area contributed by atoms with Crippen LogP contribution in [0.5, 0.6) is 0 Å². The van der Waals surface area contributed by atoms with Gasteiger partial charge in [0.2, 0.25) is 10.0 Å². The maximum absolute atomic E-state index is 11.5. The average Bonchev–Trinajstić information content (AvgIpc) is 2.77. The number of rotatable bonds is 5. The second kappa shape index (κ2) is 6.38. The molecular formula is C12H22N4O2S2. The van der Waals surface area contributed by atoms with Gasteiger partial charge in [-0.25, -0.2) is 13.4 Å². The zero-order valence-electron chi connectivity index (χ0n) is 12.2. The third-order valence-corrected chi connectivity index (χ3v) is 5.92. The minimum atomic E-state index is -3.07. The molecule has 0 atom stereocenters. The van der Waals surface area contributed by atoms with Gasteiger partial charge in [0.15, 0.2) is 5.13 Å². The summed E-state index contributed by atoms with van der Waals surface area (Å²) >= 11 is 1.70. The molecule has 1 aliphatic heterocycles. The smallest absolute Gasteiger partial charge is 0.211 e. The molecule has 1 aliphatic rings. The summed E-state index contributed by atoms with van der Waals surface area (Å²) in [6.45, 7) is 8.41. The zero-order valence-corrected chi connectivity index (χ0v) is 13.9. The highest BCUT2D eigenvalue weighted by Gasteiger charge is 2.25. The molecule has 0 saturated carbocycles. The third kappa shape index (κ3) is 3.69. The van der Waals surface area contributed by atoms with Gasteiger partial charge in [0.1, 0.15) is 0 Å². The summed E-state index contributed by atoms with van der Waals surface area (Å²) in [5.74, 6) is 0. The van der Waals surface area contributed by atoms with Crippen molar-refractivity contribution in [2.75, 3.05) is 43.9 Å². The molecule has 0 bridgehead atoms. The van der Waals surface area contributed by atoms with E-state index in [0.29, 0.717) is 26.2 Å². The first-order valence-corrected chi connectivity index (χ1v) is 9.45. The normalized spacial score (nSPS) is 17.6. The van der Waals surface area contributed by atoms with Crippen LogP contribution in [0.1, 0.15) is 17.5 Å². The molecule has 8 heteroatoms. The SMILES string of the molecule is CCNCc1sc(N2CCN(S(C)(=O)=O)CC2)nc1C. The number of hydrogen-bond acceptors (Lipinski definition) is 6. The number of nitrogens with one attached hydrogen (secondary N) is 1. The van der Waals surface area contributed by atoms with E-state index < -0.39 is 10.0 Å². The van der Waals surface area contributed by atoms with Gasteiger partial charge in [-0.15, -0.1) is 11.3 Å². The minimum absolute atomic E-state index is 0.542. The number of piperazine rings is 1. The first-order valence-electron chi connectivity index (χ1n) is 6.79. The predicted octanol–water partition coefficient (Wildman–Crippen LogP) is 0.643. The molecule has 1 aromatic heterocycles. The molecule has 0 unspecified atom stereocenters. The van der Waals surface area contributed by atoms with Crippen molar-refractivity contribution < 1.29 is 8.42 Å². The molecular weight excluding hydrogens is 296 g/mol. The lowest BCUT2D eigenvalue weighted by Crippen LogP contribution is -2.48. The van der Waals surface area contributed by atoms with E-state index in [2.05, 4.69) is 22.1 Å². The van der Waals surface area contributed by atoms with E-state index >= 15 is 0 Å². The Kier molecular flexibility index (Phi) is 5.00. The molecule has 1 N–H and O–H groups in total. The Morgan fingerprint density at radius 3 is 2.50 bits per heavy atom. The number of anilines is 1. The van der Waals surface area contributed by atoms with Crippen LogP contribution in [-0.2, 0) is 16.6 Å². The lowest BCUT2D eigenvalue weighted by Gasteiger charge is -2.32. The molecule has 20 heavy (non-hydrogen) atoms. The van der Waals surface area contributed by atoms with Crippen LogP contribution in [0.25, 0.3) is 0 Å². The molecule has 2 heterocycles. The summed E-state index contributed by atoms with van der Waals surface area (Å²) in [5, 5.41) is 4.32. The van der Waals surface area contributed by atoms with Gasteiger partial charge in [-0.2, -0.15) is 4.31 Å². The number of aryl methyl sites for hydroxylation is 1. The van der Waals surface area contributed by atoms with Crippen molar-refractivity contribution in [2.45, 2.75) is 20.4 Å². The second-order valence-electron chi connectivity index (χ2n) is 4.93. The van der Waals surface area contributed by atoms with E-state index in [9.17, 15) is 8.42 Å². The predicted molar refractivity (Wildman–Crippen MR) is 82.9 cm³/mol. The van der Waals surface area contributed by atoms with Gasteiger partial charge in [-0.05, 0) is 13.5 Å². The highest BCUT2D eigenvalue weighted by atomic mass is 32.2. The topological polar surface area (TPSA) is 65.5 Å². The van der Waals surface area contributed by atoms with Crippen LogP contribution in [0.2, 0.25) is 0 Å². The Morgan fingerprint density at radius 2 is 1.95 bits per heavy atom. The Hall–Kier alpha value is -0.700. The maximum Gasteiger partial charge on any atom is 0.211 e. The van der Waals surface area contributed by atoms with Gasteiger partial charge in [-0.1, -0.05) is 6.92 Å². The fraction of sp³-hybridized carbons (Fsp3) is 0.750. The largest absolute Gasteiger partial charge is 0.345 e. The first-order chi connectivity index (χ1) is 9.41. The monoisotopic (exact) mass is 318 g/mol. The number of thiazole rings is 1. The summed E-state index contributed by atoms with van der Waals surface area (Å²) in [6, 6.07) is 0. The van der Waals surface area contributed by atoms with E-state index in [0.717, 1.165) is 23.9 Å². The van der Waals surface area contributed by atoms with Crippen LogP contribution < -0.4 is 10.2 Å². The van der Waals surface area contributed by atoms with E-state index in [1.165, 1.54) is 15.4 Å². The Labute approximate surface area is 124 Å². The van der Waals surface area contributed by atoms with Crippen LogP contribution >= 0.6 is 11.3 Å². The van der Waals surface area contributed by atoms with E-state index in [4.69, 9.17) is 0 Å².